The molecule has 2 heterocycles. The number of hydrogen-bond acceptors (Lipinski definition) is 4. The third-order valence-electron chi connectivity index (χ3n) is 3.07. The van der Waals surface area contributed by atoms with Crippen molar-refractivity contribution in [3.05, 3.63) is 65.9 Å². The van der Waals surface area contributed by atoms with Crippen molar-refractivity contribution in [2.75, 3.05) is 0 Å². The summed E-state index contributed by atoms with van der Waals surface area (Å²) in [5.74, 6) is -0.579. The Labute approximate surface area is 122 Å². The predicted octanol–water partition coefficient (Wildman–Crippen LogP) is 3.27. The van der Waals surface area contributed by atoms with Gasteiger partial charge in [-0.1, -0.05) is 18.2 Å². The Balaban J connectivity index is 2.25. The number of nitrogens with zero attached hydrogens (tertiary/aromatic N) is 3. The monoisotopic (exact) mass is 303 g/mol. The molecule has 0 atom stereocenters. The van der Waals surface area contributed by atoms with E-state index in [1.54, 1.807) is 18.2 Å². The fourth-order valence-corrected chi connectivity index (χ4v) is 2.08. The van der Waals surface area contributed by atoms with Crippen LogP contribution in [0.2, 0.25) is 0 Å². The van der Waals surface area contributed by atoms with Crippen LogP contribution in [0.3, 0.4) is 0 Å². The lowest BCUT2D eigenvalue weighted by molar-refractivity contribution is -0.140. The Hall–Kier alpha value is -2.83. The number of halogens is 3. The van der Waals surface area contributed by atoms with Crippen LogP contribution in [0.5, 0.6) is 0 Å². The summed E-state index contributed by atoms with van der Waals surface area (Å²) in [5.41, 5.74) is -0.955. The van der Waals surface area contributed by atoms with Crippen molar-refractivity contribution in [1.29, 1.82) is 0 Å². The van der Waals surface area contributed by atoms with Gasteiger partial charge in [-0.05, 0) is 12.1 Å². The minimum Gasteiger partial charge on any atom is -0.288 e. The normalized spacial score (nSPS) is 11.6. The highest BCUT2D eigenvalue weighted by Crippen LogP contribution is 2.31. The summed E-state index contributed by atoms with van der Waals surface area (Å²) in [7, 11) is 0. The van der Waals surface area contributed by atoms with E-state index in [-0.39, 0.29) is 16.6 Å². The molecular formula is C15H8F3N3O. The van der Waals surface area contributed by atoms with Gasteiger partial charge in [-0.2, -0.15) is 13.2 Å². The van der Waals surface area contributed by atoms with Gasteiger partial charge in [0.25, 0.3) is 0 Å². The lowest BCUT2D eigenvalue weighted by Crippen LogP contribution is -2.12. The Kier molecular flexibility index (Phi) is 3.32. The lowest BCUT2D eigenvalue weighted by atomic mass is 10.0. The summed E-state index contributed by atoms with van der Waals surface area (Å²) < 4.78 is 38.9. The molecule has 0 radical (unpaired) electrons. The van der Waals surface area contributed by atoms with Gasteiger partial charge in [0.1, 0.15) is 12.0 Å². The number of benzene rings is 1. The summed E-state index contributed by atoms with van der Waals surface area (Å²) in [6.45, 7) is 0. The molecule has 3 aromatic rings. The molecule has 0 fully saturated rings. The molecule has 0 saturated heterocycles. The summed E-state index contributed by atoms with van der Waals surface area (Å²) in [6.07, 6.45) is -0.871. The fraction of sp³-hybridized carbons (Fsp3) is 0.0667. The van der Waals surface area contributed by atoms with Crippen molar-refractivity contribution in [2.24, 2.45) is 0 Å². The van der Waals surface area contributed by atoms with Gasteiger partial charge in [-0.3, -0.25) is 4.79 Å². The molecule has 0 spiro atoms. The second-order valence-electron chi connectivity index (χ2n) is 4.53. The molecule has 0 amide bonds. The second-order valence-corrected chi connectivity index (χ2v) is 4.53. The Morgan fingerprint density at radius 1 is 1.05 bits per heavy atom. The zero-order chi connectivity index (χ0) is 15.7. The standard InChI is InChI=1S/C15H8F3N3O/c16-15(17,18)13-5-11(10-3-1-2-4-12(10)21-13)14(22)9-6-19-8-20-7-9/h1-8H. The predicted molar refractivity (Wildman–Crippen MR) is 72.2 cm³/mol. The molecular weight excluding hydrogens is 295 g/mol. The van der Waals surface area contributed by atoms with Crippen molar-refractivity contribution in [2.45, 2.75) is 6.18 Å². The van der Waals surface area contributed by atoms with Crippen molar-refractivity contribution in [1.82, 2.24) is 15.0 Å². The number of carbonyl (C=O) groups is 1. The number of ketones is 1. The van der Waals surface area contributed by atoms with Crippen LogP contribution < -0.4 is 0 Å². The molecule has 4 nitrogen and oxygen atoms in total. The van der Waals surface area contributed by atoms with Crippen LogP contribution in [0.1, 0.15) is 21.6 Å². The largest absolute Gasteiger partial charge is 0.433 e. The highest BCUT2D eigenvalue weighted by Gasteiger charge is 2.34. The number of rotatable bonds is 2. The van der Waals surface area contributed by atoms with Gasteiger partial charge in [0.15, 0.2) is 5.78 Å². The number of pyridine rings is 1. The molecule has 2 aromatic heterocycles. The quantitative estimate of drug-likeness (QED) is 0.682. The van der Waals surface area contributed by atoms with E-state index in [1.807, 2.05) is 0 Å². The fourth-order valence-electron chi connectivity index (χ4n) is 2.08. The van der Waals surface area contributed by atoms with E-state index in [0.29, 0.717) is 5.39 Å². The van der Waals surface area contributed by atoms with Gasteiger partial charge < -0.3 is 0 Å². The van der Waals surface area contributed by atoms with Gasteiger partial charge in [0.2, 0.25) is 0 Å². The maximum atomic E-state index is 13.0. The minimum atomic E-state index is -4.63. The van der Waals surface area contributed by atoms with E-state index < -0.39 is 17.7 Å². The zero-order valence-corrected chi connectivity index (χ0v) is 11.0. The van der Waals surface area contributed by atoms with Crippen molar-refractivity contribution in [3.8, 4) is 0 Å². The maximum Gasteiger partial charge on any atom is 0.433 e. The third kappa shape index (κ3) is 2.52. The molecule has 0 saturated carbocycles. The van der Waals surface area contributed by atoms with Crippen LogP contribution in [0.25, 0.3) is 10.9 Å². The van der Waals surface area contributed by atoms with E-state index in [0.717, 1.165) is 6.07 Å². The lowest BCUT2D eigenvalue weighted by Gasteiger charge is -2.11. The molecule has 3 rings (SSSR count). The average molecular weight is 303 g/mol. The van der Waals surface area contributed by atoms with Crippen LogP contribution >= 0.6 is 0 Å². The van der Waals surface area contributed by atoms with Gasteiger partial charge in [0, 0.05) is 23.3 Å². The zero-order valence-electron chi connectivity index (χ0n) is 11.0. The van der Waals surface area contributed by atoms with E-state index in [9.17, 15) is 18.0 Å². The number of para-hydroxylation sites is 1. The van der Waals surface area contributed by atoms with Crippen LogP contribution in [-0.4, -0.2) is 20.7 Å². The van der Waals surface area contributed by atoms with E-state index in [2.05, 4.69) is 15.0 Å². The van der Waals surface area contributed by atoms with Crippen LogP contribution in [-0.2, 0) is 6.18 Å². The number of hydrogen-bond donors (Lipinski definition) is 0. The van der Waals surface area contributed by atoms with Gasteiger partial charge in [-0.15, -0.1) is 0 Å². The number of alkyl halides is 3. The molecule has 22 heavy (non-hydrogen) atoms. The second kappa shape index (κ2) is 5.18. The van der Waals surface area contributed by atoms with E-state index in [4.69, 9.17) is 0 Å². The number of aromatic nitrogens is 3. The first-order valence-electron chi connectivity index (χ1n) is 6.23. The molecule has 110 valence electrons. The van der Waals surface area contributed by atoms with Crippen LogP contribution in [0, 0.1) is 0 Å². The maximum absolute atomic E-state index is 13.0. The molecule has 0 aliphatic rings. The van der Waals surface area contributed by atoms with E-state index in [1.165, 1.54) is 24.8 Å². The van der Waals surface area contributed by atoms with Crippen molar-refractivity contribution in [3.63, 3.8) is 0 Å². The van der Waals surface area contributed by atoms with E-state index >= 15 is 0 Å². The minimum absolute atomic E-state index is 0.0762. The van der Waals surface area contributed by atoms with Crippen molar-refractivity contribution < 1.29 is 18.0 Å². The van der Waals surface area contributed by atoms with Crippen LogP contribution in [0.15, 0.2) is 49.1 Å². The average Bonchev–Trinajstić information content (AvgIpc) is 2.53. The molecule has 0 unspecified atom stereocenters. The Morgan fingerprint density at radius 3 is 2.41 bits per heavy atom. The highest BCUT2D eigenvalue weighted by molar-refractivity contribution is 6.15. The van der Waals surface area contributed by atoms with Crippen molar-refractivity contribution >= 4 is 16.7 Å². The molecule has 0 bridgehead atoms. The number of fused-ring (bicyclic) bond motifs is 1. The molecule has 0 aliphatic heterocycles. The smallest absolute Gasteiger partial charge is 0.288 e. The highest BCUT2D eigenvalue weighted by atomic mass is 19.4. The SMILES string of the molecule is O=C(c1cncnc1)c1cc(C(F)(F)F)nc2ccccc12. The molecule has 0 N–H and O–H groups in total. The summed E-state index contributed by atoms with van der Waals surface area (Å²) in [4.78, 5) is 23.5. The van der Waals surface area contributed by atoms with Gasteiger partial charge >= 0.3 is 6.18 Å². The van der Waals surface area contributed by atoms with Gasteiger partial charge in [0.05, 0.1) is 11.1 Å². The molecule has 0 aliphatic carbocycles. The third-order valence-corrected chi connectivity index (χ3v) is 3.07. The summed E-state index contributed by atoms with van der Waals surface area (Å²) in [6, 6.07) is 6.95. The summed E-state index contributed by atoms with van der Waals surface area (Å²) >= 11 is 0. The van der Waals surface area contributed by atoms with Crippen LogP contribution in [0.4, 0.5) is 13.2 Å². The first-order valence-corrected chi connectivity index (χ1v) is 6.23. The first kappa shape index (κ1) is 14.1. The first-order chi connectivity index (χ1) is 10.5. The topological polar surface area (TPSA) is 55.7 Å². The number of carbonyl (C=O) groups excluding carboxylic acids is 1. The summed E-state index contributed by atoms with van der Waals surface area (Å²) in [5, 5.41) is 0.351. The Bertz CT molecular complexity index is 848. The molecule has 7 heteroatoms. The Morgan fingerprint density at radius 2 is 1.73 bits per heavy atom. The van der Waals surface area contributed by atoms with Gasteiger partial charge in [-0.25, -0.2) is 15.0 Å². The molecule has 1 aromatic carbocycles.